The van der Waals surface area contributed by atoms with Gasteiger partial charge in [-0.3, -0.25) is 4.79 Å². The van der Waals surface area contributed by atoms with Gasteiger partial charge in [0.1, 0.15) is 11.9 Å². The van der Waals surface area contributed by atoms with Crippen molar-refractivity contribution in [2.24, 2.45) is 0 Å². The number of urea groups is 1. The second-order valence-corrected chi connectivity index (χ2v) is 3.94. The van der Waals surface area contributed by atoms with E-state index in [1.54, 1.807) is 0 Å². The highest BCUT2D eigenvalue weighted by molar-refractivity contribution is 5.86. The minimum atomic E-state index is -1.51. The smallest absolute Gasteiger partial charge is 0.326 e. The van der Waals surface area contributed by atoms with Gasteiger partial charge in [-0.25, -0.2) is 14.0 Å². The summed E-state index contributed by atoms with van der Waals surface area (Å²) < 4.78 is 12.6. The van der Waals surface area contributed by atoms with Gasteiger partial charge in [-0.05, 0) is 17.7 Å². The van der Waals surface area contributed by atoms with Crippen LogP contribution in [0.5, 0.6) is 0 Å². The molecule has 1 aromatic carbocycles. The van der Waals surface area contributed by atoms with Crippen LogP contribution in [0.3, 0.4) is 0 Å². The predicted molar refractivity (Wildman–Crippen MR) is 65.4 cm³/mol. The Bertz CT molecular complexity index is 503. The van der Waals surface area contributed by atoms with Crippen molar-refractivity contribution in [2.75, 3.05) is 0 Å². The van der Waals surface area contributed by atoms with Crippen LogP contribution in [-0.2, 0) is 16.1 Å². The van der Waals surface area contributed by atoms with E-state index in [4.69, 9.17) is 10.2 Å². The average Bonchev–Trinajstić information content (AvgIpc) is 2.36. The number of carboxylic acids is 2. The minimum absolute atomic E-state index is 0.0610. The number of hydrogen-bond donors (Lipinski definition) is 4. The summed E-state index contributed by atoms with van der Waals surface area (Å²) in [5.74, 6) is -3.19. The molecule has 0 saturated heterocycles. The van der Waals surface area contributed by atoms with Gasteiger partial charge in [-0.2, -0.15) is 0 Å². The van der Waals surface area contributed by atoms with Crippen LogP contribution in [0.15, 0.2) is 24.3 Å². The maximum Gasteiger partial charge on any atom is 0.326 e. The molecule has 2 amide bonds. The van der Waals surface area contributed by atoms with Crippen molar-refractivity contribution in [3.8, 4) is 0 Å². The number of hydrogen-bond acceptors (Lipinski definition) is 3. The standard InChI is InChI=1S/C12H13FN2O5/c13-8-3-1-7(2-4-8)6-14-12(20)15-9(11(18)19)5-10(16)17/h1-4,9H,5-6H2,(H,16,17)(H,18,19)(H2,14,15,20)/t9-/m0/s1. The number of carboxylic acid groups (broad SMARTS) is 2. The Morgan fingerprint density at radius 1 is 1.15 bits per heavy atom. The van der Waals surface area contributed by atoms with Crippen molar-refractivity contribution in [2.45, 2.75) is 19.0 Å². The predicted octanol–water partition coefficient (Wildman–Crippen LogP) is 0.553. The zero-order valence-corrected chi connectivity index (χ0v) is 10.3. The molecule has 0 aliphatic rings. The molecular weight excluding hydrogens is 271 g/mol. The lowest BCUT2D eigenvalue weighted by Gasteiger charge is -2.13. The number of carbonyl (C=O) groups is 3. The first-order chi connectivity index (χ1) is 9.38. The van der Waals surface area contributed by atoms with Crippen molar-refractivity contribution in [3.63, 3.8) is 0 Å². The second-order valence-electron chi connectivity index (χ2n) is 3.94. The Hall–Kier alpha value is -2.64. The lowest BCUT2D eigenvalue weighted by atomic mass is 10.2. The number of benzene rings is 1. The Balaban J connectivity index is 2.47. The fourth-order valence-corrected chi connectivity index (χ4v) is 1.37. The molecule has 0 saturated carbocycles. The first-order valence-electron chi connectivity index (χ1n) is 5.62. The third kappa shape index (κ3) is 5.34. The summed E-state index contributed by atoms with van der Waals surface area (Å²) in [6.45, 7) is 0.0610. The molecule has 0 bridgehead atoms. The van der Waals surface area contributed by atoms with Crippen LogP contribution >= 0.6 is 0 Å². The van der Waals surface area contributed by atoms with Crippen molar-refractivity contribution < 1.29 is 29.0 Å². The molecule has 1 rings (SSSR count). The van der Waals surface area contributed by atoms with Gasteiger partial charge >= 0.3 is 18.0 Å². The van der Waals surface area contributed by atoms with E-state index in [0.717, 1.165) is 0 Å². The highest BCUT2D eigenvalue weighted by atomic mass is 19.1. The highest BCUT2D eigenvalue weighted by Gasteiger charge is 2.22. The number of halogens is 1. The normalized spacial score (nSPS) is 11.4. The van der Waals surface area contributed by atoms with Crippen molar-refractivity contribution in [1.82, 2.24) is 10.6 Å². The van der Waals surface area contributed by atoms with Gasteiger partial charge < -0.3 is 20.8 Å². The molecule has 0 aliphatic heterocycles. The third-order valence-corrected chi connectivity index (χ3v) is 2.35. The summed E-state index contributed by atoms with van der Waals surface area (Å²) in [4.78, 5) is 32.6. The summed E-state index contributed by atoms with van der Waals surface area (Å²) in [5.41, 5.74) is 0.617. The van der Waals surface area contributed by atoms with E-state index >= 15 is 0 Å². The molecule has 0 spiro atoms. The molecule has 1 atom stereocenters. The van der Waals surface area contributed by atoms with Crippen LogP contribution in [-0.4, -0.2) is 34.2 Å². The lowest BCUT2D eigenvalue weighted by Crippen LogP contribution is -2.46. The van der Waals surface area contributed by atoms with E-state index in [2.05, 4.69) is 5.32 Å². The SMILES string of the molecule is O=C(O)C[C@H](NC(=O)NCc1ccc(F)cc1)C(=O)O. The van der Waals surface area contributed by atoms with Crippen molar-refractivity contribution in [1.29, 1.82) is 0 Å². The molecule has 0 aromatic heterocycles. The summed E-state index contributed by atoms with van der Waals surface area (Å²) in [6, 6.07) is 3.03. The lowest BCUT2D eigenvalue weighted by molar-refractivity contribution is -0.145. The molecule has 0 fully saturated rings. The second kappa shape index (κ2) is 7.07. The summed E-state index contributed by atoms with van der Waals surface area (Å²) >= 11 is 0. The average molecular weight is 284 g/mol. The van der Waals surface area contributed by atoms with Crippen LogP contribution in [0.25, 0.3) is 0 Å². The highest BCUT2D eigenvalue weighted by Crippen LogP contribution is 2.02. The Morgan fingerprint density at radius 3 is 2.25 bits per heavy atom. The maximum absolute atomic E-state index is 12.6. The largest absolute Gasteiger partial charge is 0.481 e. The quantitative estimate of drug-likeness (QED) is 0.609. The number of rotatable bonds is 6. The Kier molecular flexibility index (Phi) is 5.45. The molecule has 0 unspecified atom stereocenters. The fourth-order valence-electron chi connectivity index (χ4n) is 1.37. The van der Waals surface area contributed by atoms with Gasteiger partial charge in [0.05, 0.1) is 6.42 Å². The van der Waals surface area contributed by atoms with Crippen LogP contribution < -0.4 is 10.6 Å². The maximum atomic E-state index is 12.6. The molecule has 108 valence electrons. The van der Waals surface area contributed by atoms with Crippen LogP contribution in [0.2, 0.25) is 0 Å². The summed E-state index contributed by atoms with van der Waals surface area (Å²) in [6.07, 6.45) is -0.723. The molecule has 8 heteroatoms. The molecule has 20 heavy (non-hydrogen) atoms. The van der Waals surface area contributed by atoms with Crippen molar-refractivity contribution >= 4 is 18.0 Å². The topological polar surface area (TPSA) is 116 Å². The Labute approximate surface area is 113 Å². The molecule has 7 nitrogen and oxygen atoms in total. The van der Waals surface area contributed by atoms with E-state index in [-0.39, 0.29) is 6.54 Å². The van der Waals surface area contributed by atoms with Gasteiger partial charge in [-0.1, -0.05) is 12.1 Å². The molecule has 0 aliphatic carbocycles. The first kappa shape index (κ1) is 15.4. The van der Waals surface area contributed by atoms with E-state index in [1.807, 2.05) is 5.32 Å². The zero-order chi connectivity index (χ0) is 15.1. The number of aliphatic carboxylic acids is 2. The monoisotopic (exact) mass is 284 g/mol. The summed E-state index contributed by atoms with van der Waals surface area (Å²) in [5, 5.41) is 21.6. The van der Waals surface area contributed by atoms with Crippen LogP contribution in [0, 0.1) is 5.82 Å². The van der Waals surface area contributed by atoms with Crippen molar-refractivity contribution in [3.05, 3.63) is 35.6 Å². The van der Waals surface area contributed by atoms with Gasteiger partial charge in [0.15, 0.2) is 0 Å². The number of carbonyl (C=O) groups excluding carboxylic acids is 1. The van der Waals surface area contributed by atoms with E-state index in [9.17, 15) is 18.8 Å². The van der Waals surface area contributed by atoms with Crippen LogP contribution in [0.1, 0.15) is 12.0 Å². The minimum Gasteiger partial charge on any atom is -0.481 e. The molecule has 0 radical (unpaired) electrons. The molecule has 4 N–H and O–H groups in total. The third-order valence-electron chi connectivity index (χ3n) is 2.35. The Morgan fingerprint density at radius 2 is 1.75 bits per heavy atom. The summed E-state index contributed by atoms with van der Waals surface area (Å²) in [7, 11) is 0. The van der Waals surface area contributed by atoms with Gasteiger partial charge in [0, 0.05) is 6.54 Å². The van der Waals surface area contributed by atoms with E-state index < -0.39 is 36.2 Å². The van der Waals surface area contributed by atoms with Crippen LogP contribution in [0.4, 0.5) is 9.18 Å². The molecule has 0 heterocycles. The zero-order valence-electron chi connectivity index (χ0n) is 10.3. The fraction of sp³-hybridized carbons (Fsp3) is 0.250. The molecular formula is C12H13FN2O5. The van der Waals surface area contributed by atoms with E-state index in [0.29, 0.717) is 5.56 Å². The molecule has 1 aromatic rings. The first-order valence-corrected chi connectivity index (χ1v) is 5.62. The van der Waals surface area contributed by atoms with E-state index in [1.165, 1.54) is 24.3 Å². The van der Waals surface area contributed by atoms with Gasteiger partial charge in [0.2, 0.25) is 0 Å². The number of nitrogens with one attached hydrogen (secondary N) is 2. The van der Waals surface area contributed by atoms with Gasteiger partial charge in [0.25, 0.3) is 0 Å². The number of amides is 2. The van der Waals surface area contributed by atoms with Gasteiger partial charge in [-0.15, -0.1) is 0 Å².